The molecule has 18 nitrogen and oxygen atoms in total. The Kier molecular flexibility index (Phi) is 17.9. The number of aromatic hydroxyl groups is 1. The van der Waals surface area contributed by atoms with E-state index in [1.165, 1.54) is 49.1 Å². The van der Waals surface area contributed by atoms with Gasteiger partial charge in [-0.15, -0.1) is 0 Å². The van der Waals surface area contributed by atoms with Gasteiger partial charge in [0.15, 0.2) is 19.7 Å². The number of rotatable bonds is 10. The van der Waals surface area contributed by atoms with E-state index < -0.39 is 30.9 Å². The highest BCUT2D eigenvalue weighted by atomic mass is 35.5. The van der Waals surface area contributed by atoms with Crippen molar-refractivity contribution in [3.05, 3.63) is 75.4 Å². The number of likely N-dealkylation sites (tertiary alicyclic amines) is 2. The minimum absolute atomic E-state index is 0.0170. The number of halogens is 3. The second-order valence-corrected chi connectivity index (χ2v) is 25.2. The molecule has 2 aromatic heterocycles. The van der Waals surface area contributed by atoms with Gasteiger partial charge in [0.2, 0.25) is 17.6 Å². The van der Waals surface area contributed by atoms with E-state index in [1.54, 1.807) is 16.7 Å². The number of phenolic OH excluding ortho intramolecular Hbond substituents is 1. The van der Waals surface area contributed by atoms with Gasteiger partial charge < -0.3 is 38.6 Å². The SMILES string of the molecule is Cc1c(Cl)ncnc1OC1CCN(C(=O)OC(C)(C)C)CC1.Cc1c(Oc2ccc(S(=O)(=O)C3CC3)cc2Cl)ncnc1OC1CCN(C(=O)OC(C)(C)C)CC1.O=S(=O)(c1ccc(O)c(Cl)c1)C1CC1. The van der Waals surface area contributed by atoms with Crippen molar-refractivity contribution < 1.29 is 55.2 Å². The molecule has 4 aromatic rings. The van der Waals surface area contributed by atoms with Gasteiger partial charge in [0.05, 0.1) is 35.9 Å². The van der Waals surface area contributed by atoms with Gasteiger partial charge in [-0.05, 0) is 117 Å². The number of hydrogen-bond donors (Lipinski definition) is 1. The zero-order valence-electron chi connectivity index (χ0n) is 41.0. The summed E-state index contributed by atoms with van der Waals surface area (Å²) < 4.78 is 77.0. The van der Waals surface area contributed by atoms with Gasteiger partial charge in [0, 0.05) is 57.4 Å². The lowest BCUT2D eigenvalue weighted by Gasteiger charge is -2.33. The molecule has 4 aliphatic rings. The summed E-state index contributed by atoms with van der Waals surface area (Å²) in [5, 5.41) is 9.23. The van der Waals surface area contributed by atoms with Gasteiger partial charge in [-0.3, -0.25) is 0 Å². The van der Waals surface area contributed by atoms with Gasteiger partial charge in [-0.2, -0.15) is 0 Å². The van der Waals surface area contributed by atoms with Crippen molar-refractivity contribution in [1.82, 2.24) is 29.7 Å². The van der Waals surface area contributed by atoms with Gasteiger partial charge in [-0.1, -0.05) is 34.8 Å². The maximum Gasteiger partial charge on any atom is 0.410 e. The molecular weight excluding hydrogens is 1020 g/mol. The molecule has 8 rings (SSSR count). The number of sulfone groups is 2. The van der Waals surface area contributed by atoms with E-state index in [0.29, 0.717) is 80.1 Å². The average Bonchev–Trinajstić information content (AvgIpc) is 4.22. The number of ether oxygens (including phenoxy) is 5. The summed E-state index contributed by atoms with van der Waals surface area (Å²) in [5.74, 6) is 1.35. The quantitative estimate of drug-likeness (QED) is 0.146. The van der Waals surface area contributed by atoms with Gasteiger partial charge >= 0.3 is 12.2 Å². The third-order valence-electron chi connectivity index (χ3n) is 11.3. The van der Waals surface area contributed by atoms with Gasteiger partial charge in [0.1, 0.15) is 52.7 Å². The van der Waals surface area contributed by atoms with E-state index in [0.717, 1.165) is 31.2 Å². The van der Waals surface area contributed by atoms with E-state index in [1.807, 2.05) is 48.5 Å². The fourth-order valence-electron chi connectivity index (χ4n) is 7.11. The number of benzene rings is 2. The Labute approximate surface area is 430 Å². The molecule has 71 heavy (non-hydrogen) atoms. The van der Waals surface area contributed by atoms with Crippen molar-refractivity contribution in [2.45, 2.75) is 150 Å². The second kappa shape index (κ2) is 22.9. The van der Waals surface area contributed by atoms with Crippen LogP contribution in [0.1, 0.15) is 104 Å². The molecule has 23 heteroatoms. The van der Waals surface area contributed by atoms with Crippen LogP contribution in [0.5, 0.6) is 29.1 Å². The van der Waals surface area contributed by atoms with Gasteiger partial charge in [0.25, 0.3) is 0 Å². The standard InChI is InChI=1S/C24H30ClN3O6S.C15H22ClN3O3.C9H9ClO3S/c1-15-21(32-16-9-11-28(12-10-16)23(29)34-24(2,3)4)26-14-27-22(15)33-20-8-7-18(13-19(20)25)35(30,31)17-5-6-17;1-10-12(16)17-9-18-13(10)21-11-5-7-19(8-6-11)14(20)22-15(2,3)4;10-8-5-7(3-4-9(8)11)14(12,13)6-1-2-6/h7-8,13-14,16-17H,5-6,9-12H2,1-4H3;9,11H,5-8H2,1-4H3;3-6,11H,1-2H2. The number of carbonyl (C=O) groups is 2. The molecule has 2 saturated carbocycles. The summed E-state index contributed by atoms with van der Waals surface area (Å²) in [6.45, 7) is 17.0. The third kappa shape index (κ3) is 15.6. The first-order valence-corrected chi connectivity index (χ1v) is 27.5. The van der Waals surface area contributed by atoms with Crippen molar-refractivity contribution in [1.29, 1.82) is 0 Å². The Hall–Kier alpha value is -4.89. The highest BCUT2D eigenvalue weighted by Crippen LogP contribution is 2.39. The second-order valence-electron chi connectivity index (χ2n) is 19.6. The molecule has 0 radical (unpaired) electrons. The number of phenols is 1. The number of amides is 2. The number of aromatic nitrogens is 4. The number of hydrogen-bond acceptors (Lipinski definition) is 16. The predicted molar refractivity (Wildman–Crippen MR) is 267 cm³/mol. The van der Waals surface area contributed by atoms with Crippen LogP contribution < -0.4 is 14.2 Å². The van der Waals surface area contributed by atoms with Crippen LogP contribution in [0.15, 0.2) is 58.8 Å². The monoisotopic (exact) mass is 1080 g/mol. The Balaban J connectivity index is 0.000000194. The van der Waals surface area contributed by atoms with E-state index in [9.17, 15) is 26.4 Å². The molecule has 4 heterocycles. The Morgan fingerprint density at radius 3 is 1.42 bits per heavy atom. The molecule has 2 saturated heterocycles. The lowest BCUT2D eigenvalue weighted by molar-refractivity contribution is 0.0110. The molecular formula is C48H61Cl3N6O12S2. The first-order chi connectivity index (χ1) is 33.2. The van der Waals surface area contributed by atoms with Crippen LogP contribution >= 0.6 is 34.8 Å². The molecule has 0 unspecified atom stereocenters. The molecule has 1 N–H and O–H groups in total. The van der Waals surface area contributed by atoms with Crippen molar-refractivity contribution >= 4 is 66.7 Å². The lowest BCUT2D eigenvalue weighted by atomic mass is 10.1. The molecule has 4 fully saturated rings. The van der Waals surface area contributed by atoms with E-state index >= 15 is 0 Å². The minimum atomic E-state index is -3.35. The molecule has 388 valence electrons. The summed E-state index contributed by atoms with van der Waals surface area (Å²) in [6, 6.07) is 8.43. The van der Waals surface area contributed by atoms with Crippen LogP contribution in [-0.4, -0.2) is 124 Å². The fourth-order valence-corrected chi connectivity index (χ4v) is 11.1. The van der Waals surface area contributed by atoms with Crippen LogP contribution in [0, 0.1) is 13.8 Å². The van der Waals surface area contributed by atoms with E-state index in [-0.39, 0.29) is 66.4 Å². The first kappa shape index (κ1) is 55.4. The molecule has 2 amide bonds. The van der Waals surface area contributed by atoms with Gasteiger partial charge in [-0.25, -0.2) is 46.4 Å². The van der Waals surface area contributed by atoms with Crippen molar-refractivity contribution in [2.75, 3.05) is 26.2 Å². The lowest BCUT2D eigenvalue weighted by Crippen LogP contribution is -2.44. The predicted octanol–water partition coefficient (Wildman–Crippen LogP) is 10.1. The third-order valence-corrected chi connectivity index (χ3v) is 16.8. The molecule has 0 atom stereocenters. The average molecular weight is 1080 g/mol. The molecule has 0 bridgehead atoms. The maximum atomic E-state index is 12.5. The Bertz CT molecular complexity index is 2770. The molecule has 2 aliphatic heterocycles. The highest BCUT2D eigenvalue weighted by molar-refractivity contribution is 7.92. The summed E-state index contributed by atoms with van der Waals surface area (Å²) in [4.78, 5) is 44.5. The topological polar surface area (TPSA) is 227 Å². The van der Waals surface area contributed by atoms with Crippen LogP contribution in [-0.2, 0) is 29.1 Å². The number of carbonyl (C=O) groups excluding carboxylic acids is 2. The van der Waals surface area contributed by atoms with Crippen molar-refractivity contribution in [3.63, 3.8) is 0 Å². The normalized spacial score (nSPS) is 16.9. The Morgan fingerprint density at radius 1 is 0.592 bits per heavy atom. The van der Waals surface area contributed by atoms with Crippen LogP contribution in [0.4, 0.5) is 9.59 Å². The van der Waals surface area contributed by atoms with E-state index in [4.69, 9.17) is 63.6 Å². The summed E-state index contributed by atoms with van der Waals surface area (Å²) in [6.07, 6.45) is 7.60. The maximum absolute atomic E-state index is 12.5. The molecule has 2 aliphatic carbocycles. The first-order valence-electron chi connectivity index (χ1n) is 23.2. The summed E-state index contributed by atoms with van der Waals surface area (Å²) in [5.41, 5.74) is 0.318. The van der Waals surface area contributed by atoms with Crippen LogP contribution in [0.2, 0.25) is 15.2 Å². The fraction of sp³-hybridized carbons (Fsp3) is 0.542. The summed E-state index contributed by atoms with van der Waals surface area (Å²) in [7, 11) is -6.55. The zero-order chi connectivity index (χ0) is 52.1. The number of piperidine rings is 2. The van der Waals surface area contributed by atoms with E-state index in [2.05, 4.69) is 19.9 Å². The largest absolute Gasteiger partial charge is 0.506 e. The molecule has 0 spiro atoms. The molecule has 2 aromatic carbocycles. The van der Waals surface area contributed by atoms with Crippen LogP contribution in [0.25, 0.3) is 0 Å². The van der Waals surface area contributed by atoms with Crippen molar-refractivity contribution in [3.8, 4) is 29.1 Å². The highest BCUT2D eigenvalue weighted by Gasteiger charge is 2.38. The summed E-state index contributed by atoms with van der Waals surface area (Å²) >= 11 is 17.9. The zero-order valence-corrected chi connectivity index (χ0v) is 44.9. The Morgan fingerprint density at radius 2 is 1.00 bits per heavy atom. The number of nitrogens with zero attached hydrogens (tertiary/aromatic N) is 6. The van der Waals surface area contributed by atoms with Crippen LogP contribution in [0.3, 0.4) is 0 Å². The minimum Gasteiger partial charge on any atom is -0.506 e. The van der Waals surface area contributed by atoms with Crippen molar-refractivity contribution in [2.24, 2.45) is 0 Å². The smallest absolute Gasteiger partial charge is 0.410 e.